The van der Waals surface area contributed by atoms with Crippen LogP contribution in [-0.2, 0) is 27.7 Å². The van der Waals surface area contributed by atoms with Crippen LogP contribution in [-0.4, -0.2) is 23.4 Å². The summed E-state index contributed by atoms with van der Waals surface area (Å²) in [5.41, 5.74) is 2.66. The maximum atomic E-state index is 9.00. The van der Waals surface area contributed by atoms with Crippen molar-refractivity contribution in [3.63, 3.8) is 0 Å². The van der Waals surface area contributed by atoms with Gasteiger partial charge in [-0.25, -0.2) is 0 Å². The number of benzene rings is 6. The van der Waals surface area contributed by atoms with E-state index in [1.807, 2.05) is 0 Å². The molecule has 0 spiro atoms. The van der Waals surface area contributed by atoms with E-state index in [1.54, 1.807) is 11.8 Å². The Bertz CT molecular complexity index is 1670. The number of thioether (sulfide) groups is 1. The van der Waals surface area contributed by atoms with Crippen LogP contribution in [0.3, 0.4) is 0 Å². The number of unbranched alkanes of at least 4 members (excludes halogenated alkanes) is 1. The van der Waals surface area contributed by atoms with E-state index >= 15 is 0 Å². The number of aliphatic carboxylic acids is 1. The second-order valence-electron chi connectivity index (χ2n) is 11.7. The number of hydrogen-bond donors (Lipinski definition) is 1. The smallest absolute Gasteiger partial charge is 0.0193 e. The van der Waals surface area contributed by atoms with Crippen LogP contribution in [0.25, 0.3) is 0 Å². The molecule has 0 radical (unpaired) electrons. The first-order valence-electron chi connectivity index (χ1n) is 17.1. The van der Waals surface area contributed by atoms with Gasteiger partial charge in [-0.3, -0.25) is 16.6 Å². The molecule has 0 fully saturated rings. The van der Waals surface area contributed by atoms with Crippen molar-refractivity contribution in [3.05, 3.63) is 187 Å². The van der Waals surface area contributed by atoms with Crippen molar-refractivity contribution in [2.75, 3.05) is 17.2 Å². The third-order valence-corrected chi connectivity index (χ3v) is 14.1. The SMILES string of the molecule is CC(=O)O.[Br][Ru+].c1ccc(CN2[CH-]Sc3ccccc32)cc1.c1ccc(P(CCCCP(c2ccccc2)c2ccccc2)c2ccccc2)cc1. The Labute approximate surface area is 333 Å². The van der Waals surface area contributed by atoms with Gasteiger partial charge in [0.15, 0.2) is 0 Å². The van der Waals surface area contributed by atoms with Crippen LogP contribution in [0.2, 0.25) is 0 Å². The third-order valence-electron chi connectivity index (χ3n) is 7.96. The molecule has 7 rings (SSSR count). The van der Waals surface area contributed by atoms with E-state index in [-0.39, 0.29) is 15.8 Å². The Balaban J connectivity index is 0.000000229. The molecule has 0 bridgehead atoms. The molecule has 0 atom stereocenters. The van der Waals surface area contributed by atoms with Crippen molar-refractivity contribution in [1.29, 1.82) is 0 Å². The number of rotatable bonds is 11. The van der Waals surface area contributed by atoms with Gasteiger partial charge in [0.1, 0.15) is 0 Å². The molecule has 1 N–H and O–H groups in total. The molecule has 0 amide bonds. The summed E-state index contributed by atoms with van der Waals surface area (Å²) in [6, 6.07) is 63.4. The van der Waals surface area contributed by atoms with Crippen LogP contribution in [0, 0.1) is 5.88 Å². The molecule has 0 saturated carbocycles. The van der Waals surface area contributed by atoms with E-state index in [0.29, 0.717) is 0 Å². The van der Waals surface area contributed by atoms with Crippen molar-refractivity contribution < 1.29 is 26.2 Å². The summed E-state index contributed by atoms with van der Waals surface area (Å²) in [4.78, 5) is 12.6. The van der Waals surface area contributed by atoms with Crippen molar-refractivity contribution in [2.45, 2.75) is 31.2 Å². The molecular formula is C44H44BrNO2P2RuS. The molecule has 0 aliphatic carbocycles. The second kappa shape index (κ2) is 24.3. The Morgan fingerprint density at radius 3 is 1.31 bits per heavy atom. The third kappa shape index (κ3) is 14.0. The number of carboxylic acid groups (broad SMARTS) is 1. The fraction of sp³-hybridized carbons (Fsp3) is 0.136. The average Bonchev–Trinajstić information content (AvgIpc) is 3.61. The molecular weight excluding hydrogens is 849 g/mol. The molecule has 3 nitrogen and oxygen atoms in total. The van der Waals surface area contributed by atoms with E-state index in [1.165, 1.54) is 62.5 Å². The Morgan fingerprint density at radius 1 is 0.596 bits per heavy atom. The molecule has 268 valence electrons. The predicted octanol–water partition coefficient (Wildman–Crippen LogP) is 10.9. The average molecular weight is 894 g/mol. The molecule has 52 heavy (non-hydrogen) atoms. The molecule has 0 saturated heterocycles. The van der Waals surface area contributed by atoms with Gasteiger partial charge >= 0.3 is 30.0 Å². The summed E-state index contributed by atoms with van der Waals surface area (Å²) in [6.45, 7) is 2.03. The number of fused-ring (bicyclic) bond motifs is 1. The van der Waals surface area contributed by atoms with Crippen LogP contribution >= 0.6 is 41.2 Å². The van der Waals surface area contributed by atoms with Crippen LogP contribution < -0.4 is 26.1 Å². The summed E-state index contributed by atoms with van der Waals surface area (Å²) in [7, 11) is -0.566. The minimum atomic E-state index is -0.833. The van der Waals surface area contributed by atoms with Gasteiger partial charge in [-0.15, -0.1) is 0 Å². The first kappa shape index (κ1) is 41.7. The number of hydrogen-bond acceptors (Lipinski definition) is 3. The van der Waals surface area contributed by atoms with Crippen LogP contribution in [0.15, 0.2) is 181 Å². The normalized spacial score (nSPS) is 11.3. The fourth-order valence-corrected chi connectivity index (χ4v) is 11.4. The van der Waals surface area contributed by atoms with Crippen LogP contribution in [0.1, 0.15) is 25.3 Å². The maximum absolute atomic E-state index is 9.00. The Morgan fingerprint density at radius 2 is 0.923 bits per heavy atom. The summed E-state index contributed by atoms with van der Waals surface area (Å²) < 4.78 is 0. The minimum absolute atomic E-state index is 0.283. The standard InChI is InChI=1S/C28H28P2.C14H12NS.C2H4O2.BrH.Ru/c1-5-15-25(16-6-1)29(26-17-7-2-8-18-26)23-13-14-24-30(27-19-9-3-10-20-27)28-21-11-4-12-22-28;1-2-6-12(7-3-1)10-15-11-16-14-9-5-4-8-13(14)15;1-2(3)4;;/h1-12,15-22H,13-14,23-24H2;1-9,11H,10H2;1H3,(H,3,4);1H;/q;-1;;;+2/p-1. The van der Waals surface area contributed by atoms with Gasteiger partial charge in [-0.2, -0.15) is 5.88 Å². The molecule has 8 heteroatoms. The molecule has 6 aromatic rings. The Kier molecular flexibility index (Phi) is 19.4. The topological polar surface area (TPSA) is 40.5 Å². The molecule has 1 aliphatic rings. The predicted molar refractivity (Wildman–Crippen MR) is 229 cm³/mol. The molecule has 1 heterocycles. The van der Waals surface area contributed by atoms with E-state index in [0.717, 1.165) is 13.5 Å². The van der Waals surface area contributed by atoms with Gasteiger partial charge in [0.2, 0.25) is 0 Å². The molecule has 0 unspecified atom stereocenters. The van der Waals surface area contributed by atoms with E-state index in [2.05, 4.69) is 217 Å². The summed E-state index contributed by atoms with van der Waals surface area (Å²) in [5.74, 6) is 1.36. The van der Waals surface area contributed by atoms with E-state index < -0.39 is 5.97 Å². The minimum Gasteiger partial charge on any atom is -0.508 e. The first-order chi connectivity index (χ1) is 25.6. The van der Waals surface area contributed by atoms with Gasteiger partial charge in [0, 0.05) is 19.2 Å². The molecule has 0 aromatic heterocycles. The van der Waals surface area contributed by atoms with Crippen LogP contribution in [0.4, 0.5) is 5.69 Å². The largest absolute Gasteiger partial charge is 0.508 e. The van der Waals surface area contributed by atoms with Gasteiger partial charge < -0.3 is 10.0 Å². The van der Waals surface area contributed by atoms with E-state index in [4.69, 9.17) is 9.90 Å². The van der Waals surface area contributed by atoms with Crippen LogP contribution in [0.5, 0.6) is 0 Å². The van der Waals surface area contributed by atoms with Crippen molar-refractivity contribution in [3.8, 4) is 0 Å². The quantitative estimate of drug-likeness (QED) is 0.0609. The van der Waals surface area contributed by atoms with Gasteiger partial charge in [0.05, 0.1) is 0 Å². The maximum Gasteiger partial charge on any atom is 0.0193 e. The van der Waals surface area contributed by atoms with Gasteiger partial charge in [-0.05, 0) is 84.8 Å². The van der Waals surface area contributed by atoms with Crippen molar-refractivity contribution in [1.82, 2.24) is 0 Å². The number of para-hydroxylation sites is 1. The van der Waals surface area contributed by atoms with Gasteiger partial charge in [-0.1, -0.05) is 164 Å². The first-order valence-corrected chi connectivity index (χ1v) is 25.0. The zero-order chi connectivity index (χ0) is 36.8. The summed E-state index contributed by atoms with van der Waals surface area (Å²) in [6.07, 6.45) is 5.06. The second-order valence-corrected chi connectivity index (χ2v) is 17.2. The number of halogens is 1. The molecule has 1 aliphatic heterocycles. The van der Waals surface area contributed by atoms with Crippen molar-refractivity contribution >= 4 is 74.1 Å². The number of carbonyl (C=O) groups is 1. The van der Waals surface area contributed by atoms with E-state index in [9.17, 15) is 0 Å². The number of carboxylic acids is 1. The summed E-state index contributed by atoms with van der Waals surface area (Å²) >= 11 is 6.83. The zero-order valence-electron chi connectivity index (χ0n) is 29.2. The fourth-order valence-electron chi connectivity index (χ4n) is 5.66. The zero-order valence-corrected chi connectivity index (χ0v) is 35.1. The number of nitrogens with zero attached hydrogens (tertiary/aromatic N) is 1. The van der Waals surface area contributed by atoms with Crippen molar-refractivity contribution in [2.24, 2.45) is 0 Å². The number of anilines is 1. The Hall–Kier alpha value is -3.10. The monoisotopic (exact) mass is 893 g/mol. The molecule has 6 aromatic carbocycles. The summed E-state index contributed by atoms with van der Waals surface area (Å²) in [5, 5.41) is 13.4. The van der Waals surface area contributed by atoms with Gasteiger partial charge in [0.25, 0.3) is 5.97 Å².